The highest BCUT2D eigenvalue weighted by molar-refractivity contribution is 7.89. The summed E-state index contributed by atoms with van der Waals surface area (Å²) in [5.41, 5.74) is 0. The molecule has 1 aromatic heterocycles. The molecule has 2 rings (SSSR count). The predicted octanol–water partition coefficient (Wildman–Crippen LogP) is 1.05. The Morgan fingerprint density at radius 1 is 1.63 bits per heavy atom. The number of aryl methyl sites for hydroxylation is 1. The fourth-order valence-corrected chi connectivity index (χ4v) is 5.47. The topological polar surface area (TPSA) is 69.6 Å². The van der Waals surface area contributed by atoms with Gasteiger partial charge in [-0.15, -0.1) is 11.3 Å². The normalized spacial score (nSPS) is 21.7. The maximum atomic E-state index is 12.6. The lowest BCUT2D eigenvalue weighted by molar-refractivity contribution is 0.227. The molecule has 19 heavy (non-hydrogen) atoms. The van der Waals surface area contributed by atoms with Gasteiger partial charge >= 0.3 is 0 Å². The zero-order chi connectivity index (χ0) is 14.0. The van der Waals surface area contributed by atoms with Crippen LogP contribution in [0.3, 0.4) is 0 Å². The number of nitrogens with one attached hydrogen (secondary N) is 1. The highest BCUT2D eigenvalue weighted by Crippen LogP contribution is 2.31. The molecule has 1 unspecified atom stereocenters. The van der Waals surface area contributed by atoms with Crippen molar-refractivity contribution in [2.75, 3.05) is 26.2 Å². The largest absolute Gasteiger partial charge is 0.396 e. The Kier molecular flexibility index (Phi) is 4.86. The first-order valence-corrected chi connectivity index (χ1v) is 8.69. The van der Waals surface area contributed by atoms with Crippen molar-refractivity contribution in [3.05, 3.63) is 15.3 Å². The summed E-state index contributed by atoms with van der Waals surface area (Å²) in [6, 6.07) is 1.52. The first-order valence-electron chi connectivity index (χ1n) is 6.05. The van der Waals surface area contributed by atoms with E-state index >= 15 is 0 Å². The van der Waals surface area contributed by atoms with Gasteiger partial charge in [-0.2, -0.15) is 4.31 Å². The predicted molar refractivity (Wildman–Crippen MR) is 76.3 cm³/mol. The lowest BCUT2D eigenvalue weighted by Gasteiger charge is -2.32. The smallest absolute Gasteiger partial charge is 0.244 e. The van der Waals surface area contributed by atoms with E-state index in [4.69, 9.17) is 16.7 Å². The molecule has 5 nitrogen and oxygen atoms in total. The Bertz CT molecular complexity index is 542. The van der Waals surface area contributed by atoms with Crippen LogP contribution < -0.4 is 5.32 Å². The van der Waals surface area contributed by atoms with E-state index in [1.165, 1.54) is 21.7 Å². The van der Waals surface area contributed by atoms with Crippen LogP contribution in [-0.4, -0.2) is 50.1 Å². The minimum atomic E-state index is -3.49. The number of hydrogen-bond acceptors (Lipinski definition) is 5. The monoisotopic (exact) mass is 324 g/mol. The number of piperazine rings is 1. The highest BCUT2D eigenvalue weighted by atomic mass is 35.5. The Morgan fingerprint density at radius 2 is 2.37 bits per heavy atom. The van der Waals surface area contributed by atoms with E-state index in [-0.39, 0.29) is 12.6 Å². The van der Waals surface area contributed by atoms with Crippen molar-refractivity contribution in [2.45, 2.75) is 24.3 Å². The van der Waals surface area contributed by atoms with Crippen molar-refractivity contribution in [3.63, 3.8) is 0 Å². The standard InChI is InChI=1S/C11H17ClN2O3S2/c1-8-10(6-11(12)18-8)19(16,17)14-4-3-13-9(7-14)2-5-15/h6,9,13,15H,2-5,7H2,1H3. The van der Waals surface area contributed by atoms with Crippen molar-refractivity contribution < 1.29 is 13.5 Å². The number of sulfonamides is 1. The third-order valence-corrected chi connectivity index (χ3v) is 6.46. The Labute approximate surface area is 122 Å². The molecule has 0 saturated carbocycles. The van der Waals surface area contributed by atoms with Gasteiger partial charge in [-0.05, 0) is 19.4 Å². The van der Waals surface area contributed by atoms with Crippen molar-refractivity contribution >= 4 is 33.0 Å². The van der Waals surface area contributed by atoms with Gasteiger partial charge in [-0.3, -0.25) is 0 Å². The van der Waals surface area contributed by atoms with Gasteiger partial charge in [0.15, 0.2) is 0 Å². The van der Waals surface area contributed by atoms with E-state index in [2.05, 4.69) is 5.32 Å². The van der Waals surface area contributed by atoms with Crippen LogP contribution >= 0.6 is 22.9 Å². The summed E-state index contributed by atoms with van der Waals surface area (Å²) in [4.78, 5) is 1.01. The van der Waals surface area contributed by atoms with Crippen LogP contribution in [0.1, 0.15) is 11.3 Å². The molecule has 2 N–H and O–H groups in total. The summed E-state index contributed by atoms with van der Waals surface area (Å²) in [6.07, 6.45) is 0.551. The van der Waals surface area contributed by atoms with Crippen molar-refractivity contribution in [2.24, 2.45) is 0 Å². The minimum Gasteiger partial charge on any atom is -0.396 e. The second-order valence-electron chi connectivity index (χ2n) is 4.50. The fourth-order valence-electron chi connectivity index (χ4n) is 2.19. The van der Waals surface area contributed by atoms with Crippen LogP contribution in [0, 0.1) is 6.92 Å². The Balaban J connectivity index is 2.22. The van der Waals surface area contributed by atoms with Crippen LogP contribution in [0.5, 0.6) is 0 Å². The second kappa shape index (κ2) is 6.07. The number of aliphatic hydroxyl groups excluding tert-OH is 1. The maximum Gasteiger partial charge on any atom is 0.244 e. The third kappa shape index (κ3) is 3.29. The van der Waals surface area contributed by atoms with Gasteiger partial charge in [0.25, 0.3) is 0 Å². The summed E-state index contributed by atoms with van der Waals surface area (Å²) in [5.74, 6) is 0. The van der Waals surface area contributed by atoms with Gasteiger partial charge in [-0.25, -0.2) is 8.42 Å². The maximum absolute atomic E-state index is 12.6. The van der Waals surface area contributed by atoms with Crippen molar-refractivity contribution in [1.29, 1.82) is 0 Å². The van der Waals surface area contributed by atoms with Crippen LogP contribution in [0.25, 0.3) is 0 Å². The van der Waals surface area contributed by atoms with Crippen molar-refractivity contribution in [3.8, 4) is 0 Å². The van der Waals surface area contributed by atoms with Crippen molar-refractivity contribution in [1.82, 2.24) is 9.62 Å². The molecule has 0 bridgehead atoms. The summed E-state index contributed by atoms with van der Waals surface area (Å²) in [6.45, 7) is 3.24. The fraction of sp³-hybridized carbons (Fsp3) is 0.636. The van der Waals surface area contributed by atoms with Crippen LogP contribution in [0.2, 0.25) is 4.34 Å². The lowest BCUT2D eigenvalue weighted by atomic mass is 10.2. The number of rotatable bonds is 4. The zero-order valence-electron chi connectivity index (χ0n) is 10.6. The summed E-state index contributed by atoms with van der Waals surface area (Å²) in [7, 11) is -3.49. The quantitative estimate of drug-likeness (QED) is 0.868. The summed E-state index contributed by atoms with van der Waals surface area (Å²) >= 11 is 7.15. The summed E-state index contributed by atoms with van der Waals surface area (Å²) in [5, 5.41) is 12.2. The van der Waals surface area contributed by atoms with Crippen LogP contribution in [0.4, 0.5) is 0 Å². The molecule has 0 aliphatic carbocycles. The van der Waals surface area contributed by atoms with Gasteiger partial charge < -0.3 is 10.4 Å². The molecular formula is C11H17ClN2O3S2. The zero-order valence-corrected chi connectivity index (χ0v) is 13.0. The van der Waals surface area contributed by atoms with E-state index in [9.17, 15) is 8.42 Å². The number of nitrogens with zero attached hydrogens (tertiary/aromatic N) is 1. The van der Waals surface area contributed by atoms with Gasteiger partial charge in [-0.1, -0.05) is 11.6 Å². The lowest BCUT2D eigenvalue weighted by Crippen LogP contribution is -2.52. The molecule has 1 aromatic rings. The molecule has 0 spiro atoms. The van der Waals surface area contributed by atoms with Gasteiger partial charge in [0, 0.05) is 37.2 Å². The molecule has 8 heteroatoms. The van der Waals surface area contributed by atoms with E-state index in [0.717, 1.165) is 0 Å². The molecule has 1 saturated heterocycles. The first-order chi connectivity index (χ1) is 8.95. The van der Waals surface area contributed by atoms with E-state index < -0.39 is 10.0 Å². The summed E-state index contributed by atoms with van der Waals surface area (Å²) < 4.78 is 27.1. The van der Waals surface area contributed by atoms with Crippen LogP contribution in [0.15, 0.2) is 11.0 Å². The first kappa shape index (κ1) is 15.2. The van der Waals surface area contributed by atoms with Gasteiger partial charge in [0.2, 0.25) is 10.0 Å². The molecule has 1 fully saturated rings. The Hall–Kier alpha value is -0.180. The molecule has 108 valence electrons. The Morgan fingerprint density at radius 3 is 2.95 bits per heavy atom. The van der Waals surface area contributed by atoms with Gasteiger partial charge in [0.05, 0.1) is 9.23 Å². The molecule has 1 aliphatic rings. The molecule has 1 aliphatic heterocycles. The van der Waals surface area contributed by atoms with E-state index in [1.807, 2.05) is 0 Å². The molecule has 0 amide bonds. The number of halogens is 1. The molecular weight excluding hydrogens is 308 g/mol. The second-order valence-corrected chi connectivity index (χ2v) is 8.29. The molecule has 2 heterocycles. The highest BCUT2D eigenvalue weighted by Gasteiger charge is 2.31. The number of thiophene rings is 1. The minimum absolute atomic E-state index is 0.00272. The molecule has 0 radical (unpaired) electrons. The van der Waals surface area contributed by atoms with E-state index in [1.54, 1.807) is 6.92 Å². The third-order valence-electron chi connectivity index (χ3n) is 3.16. The van der Waals surface area contributed by atoms with Crippen LogP contribution in [-0.2, 0) is 10.0 Å². The van der Waals surface area contributed by atoms with Gasteiger partial charge in [0.1, 0.15) is 0 Å². The number of hydrogen-bond donors (Lipinski definition) is 2. The average Bonchev–Trinajstić information content (AvgIpc) is 2.70. The number of aliphatic hydroxyl groups is 1. The average molecular weight is 325 g/mol. The molecule has 1 atom stereocenters. The SMILES string of the molecule is Cc1sc(Cl)cc1S(=O)(=O)N1CCNC(CCO)C1. The molecule has 0 aromatic carbocycles. The van der Waals surface area contributed by atoms with E-state index in [0.29, 0.717) is 40.2 Å².